The first-order valence-electron chi connectivity index (χ1n) is 8.28. The summed E-state index contributed by atoms with van der Waals surface area (Å²) in [5.41, 5.74) is 6.83. The molecule has 5 heteroatoms. The lowest BCUT2D eigenvalue weighted by Crippen LogP contribution is -2.35. The summed E-state index contributed by atoms with van der Waals surface area (Å²) in [6.07, 6.45) is 2.09. The summed E-state index contributed by atoms with van der Waals surface area (Å²) in [4.78, 5) is 10.4. The van der Waals surface area contributed by atoms with Crippen molar-refractivity contribution in [3.8, 4) is 0 Å². The van der Waals surface area contributed by atoms with E-state index in [4.69, 9.17) is 15.6 Å². The topological polar surface area (TPSA) is 92.8 Å². The molecule has 4 N–H and O–H groups in total. The molecule has 0 heterocycles. The lowest BCUT2D eigenvalue weighted by molar-refractivity contribution is -0.137. The largest absolute Gasteiger partial charge is 0.481 e. The summed E-state index contributed by atoms with van der Waals surface area (Å²) in [7, 11) is 0. The van der Waals surface area contributed by atoms with E-state index in [1.807, 2.05) is 30.3 Å². The second-order valence-corrected chi connectivity index (χ2v) is 5.55. The molecule has 2 atom stereocenters. The predicted octanol–water partition coefficient (Wildman–Crippen LogP) is 2.95. The van der Waals surface area contributed by atoms with Gasteiger partial charge in [-0.25, -0.2) is 0 Å². The van der Waals surface area contributed by atoms with Crippen molar-refractivity contribution in [1.82, 2.24) is 0 Å². The Hall–Kier alpha value is -1.43. The maximum absolute atomic E-state index is 10.4. The van der Waals surface area contributed by atoms with Crippen LogP contribution in [0.15, 0.2) is 30.3 Å². The molecule has 0 aliphatic carbocycles. The fraction of sp³-hybridized carbons (Fsp3) is 0.611. The van der Waals surface area contributed by atoms with Gasteiger partial charge in [0, 0.05) is 19.1 Å². The zero-order valence-electron chi connectivity index (χ0n) is 14.3. The third kappa shape index (κ3) is 12.8. The van der Waals surface area contributed by atoms with Crippen molar-refractivity contribution in [2.75, 3.05) is 6.61 Å². The van der Waals surface area contributed by atoms with Crippen molar-refractivity contribution >= 4 is 5.97 Å². The van der Waals surface area contributed by atoms with Crippen LogP contribution in [0, 0.1) is 0 Å². The monoisotopic (exact) mass is 325 g/mol. The van der Waals surface area contributed by atoms with Crippen LogP contribution in [0.4, 0.5) is 0 Å². The smallest absolute Gasteiger partial charge is 0.303 e. The van der Waals surface area contributed by atoms with Crippen LogP contribution in [-0.4, -0.2) is 34.9 Å². The fourth-order valence-corrected chi connectivity index (χ4v) is 1.86. The first-order chi connectivity index (χ1) is 11.0. The van der Waals surface area contributed by atoms with E-state index in [1.54, 1.807) is 0 Å². The summed E-state index contributed by atoms with van der Waals surface area (Å²) < 4.78 is 5.50. The normalized spacial score (nSPS) is 12.9. The quantitative estimate of drug-likeness (QED) is 0.575. The third-order valence-corrected chi connectivity index (χ3v) is 3.09. The molecule has 5 nitrogen and oxygen atoms in total. The Balaban J connectivity index is 0.00000149. The van der Waals surface area contributed by atoms with E-state index in [2.05, 4.69) is 13.8 Å². The lowest BCUT2D eigenvalue weighted by Gasteiger charge is -2.17. The van der Waals surface area contributed by atoms with E-state index >= 15 is 0 Å². The van der Waals surface area contributed by atoms with Crippen molar-refractivity contribution in [2.24, 2.45) is 5.73 Å². The average Bonchev–Trinajstić information content (AvgIpc) is 2.53. The average molecular weight is 325 g/mol. The standard InChI is InChI=1S/C15H23NO4.C3H8/c16-13(8-9-15(18)19)14(17)7-4-10-20-11-12-5-2-1-3-6-12;1-3-2/h1-3,5-6,13-14,17H,4,7-11,16H2,(H,18,19);3H2,1-2H3. The molecule has 1 aromatic rings. The zero-order chi connectivity index (χ0) is 17.5. The number of carboxylic acids is 1. The van der Waals surface area contributed by atoms with Crippen molar-refractivity contribution in [2.45, 2.75) is 64.7 Å². The third-order valence-electron chi connectivity index (χ3n) is 3.09. The van der Waals surface area contributed by atoms with Gasteiger partial charge in [-0.05, 0) is 24.8 Å². The number of carbonyl (C=O) groups is 1. The molecule has 1 aromatic carbocycles. The second-order valence-electron chi connectivity index (χ2n) is 5.55. The van der Waals surface area contributed by atoms with Gasteiger partial charge in [0.25, 0.3) is 0 Å². The van der Waals surface area contributed by atoms with E-state index in [9.17, 15) is 9.90 Å². The molecular weight excluding hydrogens is 294 g/mol. The van der Waals surface area contributed by atoms with Gasteiger partial charge in [-0.2, -0.15) is 0 Å². The highest BCUT2D eigenvalue weighted by molar-refractivity contribution is 5.66. The van der Waals surface area contributed by atoms with Crippen LogP contribution in [0.5, 0.6) is 0 Å². The van der Waals surface area contributed by atoms with Crippen molar-refractivity contribution in [3.63, 3.8) is 0 Å². The number of ether oxygens (including phenoxy) is 1. The molecule has 0 aromatic heterocycles. The minimum atomic E-state index is -0.890. The van der Waals surface area contributed by atoms with E-state index in [1.165, 1.54) is 6.42 Å². The number of nitrogens with two attached hydrogens (primary N) is 1. The van der Waals surface area contributed by atoms with Gasteiger partial charge in [-0.1, -0.05) is 50.6 Å². The molecule has 132 valence electrons. The number of aliphatic carboxylic acids is 1. The van der Waals surface area contributed by atoms with Crippen LogP contribution in [0.1, 0.15) is 51.5 Å². The number of benzene rings is 1. The number of rotatable bonds is 10. The molecule has 0 aliphatic rings. The van der Waals surface area contributed by atoms with Gasteiger partial charge in [-0.15, -0.1) is 0 Å². The summed E-state index contributed by atoms with van der Waals surface area (Å²) in [5.74, 6) is -0.890. The minimum Gasteiger partial charge on any atom is -0.481 e. The number of hydrogen-bond acceptors (Lipinski definition) is 4. The maximum Gasteiger partial charge on any atom is 0.303 e. The second kappa shape index (κ2) is 14.2. The zero-order valence-corrected chi connectivity index (χ0v) is 14.3. The number of hydrogen-bond donors (Lipinski definition) is 3. The van der Waals surface area contributed by atoms with Gasteiger partial charge < -0.3 is 20.7 Å². The van der Waals surface area contributed by atoms with Gasteiger partial charge in [0.1, 0.15) is 0 Å². The SMILES string of the molecule is CCC.NC(CCC(=O)O)C(O)CCCOCc1ccccc1. The van der Waals surface area contributed by atoms with Crippen LogP contribution < -0.4 is 5.73 Å². The van der Waals surface area contributed by atoms with Gasteiger partial charge in [0.05, 0.1) is 12.7 Å². The number of aliphatic hydroxyl groups is 1. The highest BCUT2D eigenvalue weighted by atomic mass is 16.5. The first-order valence-corrected chi connectivity index (χ1v) is 8.28. The first kappa shape index (κ1) is 21.6. The van der Waals surface area contributed by atoms with Crippen molar-refractivity contribution < 1.29 is 19.7 Å². The van der Waals surface area contributed by atoms with Crippen LogP contribution >= 0.6 is 0 Å². The molecular formula is C18H31NO4. The fourth-order valence-electron chi connectivity index (χ4n) is 1.86. The molecule has 0 aliphatic heterocycles. The maximum atomic E-state index is 10.4. The Bertz CT molecular complexity index is 397. The number of carboxylic acid groups (broad SMARTS) is 1. The minimum absolute atomic E-state index is 0.0112. The van der Waals surface area contributed by atoms with E-state index in [0.717, 1.165) is 5.56 Å². The lowest BCUT2D eigenvalue weighted by atomic mass is 10.0. The Kier molecular flexibility index (Phi) is 13.3. The van der Waals surface area contributed by atoms with Crippen LogP contribution in [0.2, 0.25) is 0 Å². The highest BCUT2D eigenvalue weighted by Gasteiger charge is 2.15. The Labute approximate surface area is 139 Å². The molecule has 23 heavy (non-hydrogen) atoms. The molecule has 0 amide bonds. The van der Waals surface area contributed by atoms with Crippen molar-refractivity contribution in [1.29, 1.82) is 0 Å². The Morgan fingerprint density at radius 1 is 1.22 bits per heavy atom. The van der Waals surface area contributed by atoms with E-state index in [-0.39, 0.29) is 6.42 Å². The van der Waals surface area contributed by atoms with Crippen molar-refractivity contribution in [3.05, 3.63) is 35.9 Å². The number of aliphatic hydroxyl groups excluding tert-OH is 1. The van der Waals surface area contributed by atoms with Gasteiger partial charge in [0.2, 0.25) is 0 Å². The molecule has 0 radical (unpaired) electrons. The molecule has 1 rings (SSSR count). The Morgan fingerprint density at radius 2 is 1.83 bits per heavy atom. The van der Waals surface area contributed by atoms with Gasteiger partial charge in [0.15, 0.2) is 0 Å². The Morgan fingerprint density at radius 3 is 2.39 bits per heavy atom. The molecule has 0 bridgehead atoms. The van der Waals surface area contributed by atoms with Crippen LogP contribution in [-0.2, 0) is 16.1 Å². The summed E-state index contributed by atoms with van der Waals surface area (Å²) in [5, 5.41) is 18.3. The molecule has 0 spiro atoms. The van der Waals surface area contributed by atoms with E-state index in [0.29, 0.717) is 32.5 Å². The van der Waals surface area contributed by atoms with Crippen LogP contribution in [0.3, 0.4) is 0 Å². The van der Waals surface area contributed by atoms with Crippen LogP contribution in [0.25, 0.3) is 0 Å². The molecule has 0 saturated heterocycles. The van der Waals surface area contributed by atoms with E-state index < -0.39 is 18.1 Å². The highest BCUT2D eigenvalue weighted by Crippen LogP contribution is 2.07. The summed E-state index contributed by atoms with van der Waals surface area (Å²) >= 11 is 0. The summed E-state index contributed by atoms with van der Waals surface area (Å²) in [6.45, 7) is 5.36. The molecule has 2 unspecified atom stereocenters. The molecule has 0 fully saturated rings. The van der Waals surface area contributed by atoms with Gasteiger partial charge in [-0.3, -0.25) is 4.79 Å². The summed E-state index contributed by atoms with van der Waals surface area (Å²) in [6, 6.07) is 9.39. The van der Waals surface area contributed by atoms with Gasteiger partial charge >= 0.3 is 5.97 Å². The predicted molar refractivity (Wildman–Crippen MR) is 92.1 cm³/mol. The molecule has 0 saturated carbocycles.